The van der Waals surface area contributed by atoms with E-state index in [0.717, 1.165) is 17.7 Å². The van der Waals surface area contributed by atoms with Gasteiger partial charge in [-0.1, -0.05) is 18.2 Å². The van der Waals surface area contributed by atoms with Crippen LogP contribution in [0, 0.1) is 0 Å². The summed E-state index contributed by atoms with van der Waals surface area (Å²) in [5.41, 5.74) is 1.59. The highest BCUT2D eigenvalue weighted by Crippen LogP contribution is 2.26. The van der Waals surface area contributed by atoms with Crippen LogP contribution in [0.15, 0.2) is 42.5 Å². The lowest BCUT2D eigenvalue weighted by Gasteiger charge is -2.16. The zero-order valence-corrected chi connectivity index (χ0v) is 17.1. The maximum atomic E-state index is 12.7. The standard InChI is InChI=1S/C23H23N3O5/c1-2-31-19-10-7-14(11-18(19)21(28)24-12-20(27)25-15-8-9-15)13-26-22(29)16-5-3-4-6-17(16)23(26)30/h3-7,10-11,15H,2,8-9,12-13H2,1H3,(H,24,28)(H,25,27). The molecule has 1 aliphatic carbocycles. The van der Waals surface area contributed by atoms with Crippen LogP contribution in [-0.2, 0) is 11.3 Å². The molecule has 0 aromatic heterocycles. The molecule has 8 heteroatoms. The molecule has 8 nitrogen and oxygen atoms in total. The molecule has 2 aromatic carbocycles. The second kappa shape index (κ2) is 8.59. The van der Waals surface area contributed by atoms with E-state index in [1.165, 1.54) is 0 Å². The molecule has 0 atom stereocenters. The highest BCUT2D eigenvalue weighted by atomic mass is 16.5. The fraction of sp³-hybridized carbons (Fsp3) is 0.304. The van der Waals surface area contributed by atoms with Crippen LogP contribution in [-0.4, -0.2) is 47.7 Å². The Balaban J connectivity index is 1.50. The summed E-state index contributed by atoms with van der Waals surface area (Å²) in [5, 5.41) is 5.42. The monoisotopic (exact) mass is 421 g/mol. The molecule has 4 rings (SSSR count). The average molecular weight is 421 g/mol. The van der Waals surface area contributed by atoms with Gasteiger partial charge in [-0.2, -0.15) is 0 Å². The average Bonchev–Trinajstić information content (AvgIpc) is 3.56. The molecular weight excluding hydrogens is 398 g/mol. The molecule has 2 aromatic rings. The lowest BCUT2D eigenvalue weighted by molar-refractivity contribution is -0.120. The van der Waals surface area contributed by atoms with Gasteiger partial charge in [-0.15, -0.1) is 0 Å². The molecule has 1 saturated carbocycles. The number of amides is 4. The second-order valence-electron chi connectivity index (χ2n) is 7.53. The maximum Gasteiger partial charge on any atom is 0.261 e. The van der Waals surface area contributed by atoms with Gasteiger partial charge in [0.15, 0.2) is 0 Å². The minimum atomic E-state index is -0.460. The predicted octanol–water partition coefficient (Wildman–Crippen LogP) is 1.89. The Morgan fingerprint density at radius 3 is 2.35 bits per heavy atom. The summed E-state index contributed by atoms with van der Waals surface area (Å²) in [4.78, 5) is 51.0. The normalized spacial score (nSPS) is 14.9. The smallest absolute Gasteiger partial charge is 0.261 e. The van der Waals surface area contributed by atoms with Gasteiger partial charge in [0, 0.05) is 6.04 Å². The molecule has 1 fully saturated rings. The van der Waals surface area contributed by atoms with Gasteiger partial charge in [-0.3, -0.25) is 24.1 Å². The van der Waals surface area contributed by atoms with Crippen LogP contribution in [0.4, 0.5) is 0 Å². The van der Waals surface area contributed by atoms with Crippen LogP contribution in [0.1, 0.15) is 56.4 Å². The molecule has 1 heterocycles. The number of fused-ring (bicyclic) bond motifs is 1. The van der Waals surface area contributed by atoms with E-state index in [2.05, 4.69) is 10.6 Å². The minimum absolute atomic E-state index is 0.0290. The zero-order chi connectivity index (χ0) is 22.0. The van der Waals surface area contributed by atoms with Crippen molar-refractivity contribution in [2.45, 2.75) is 32.4 Å². The molecule has 2 aliphatic rings. The van der Waals surface area contributed by atoms with E-state index >= 15 is 0 Å². The summed E-state index contributed by atoms with van der Waals surface area (Å²) >= 11 is 0. The van der Waals surface area contributed by atoms with Crippen molar-refractivity contribution in [2.24, 2.45) is 0 Å². The second-order valence-corrected chi connectivity index (χ2v) is 7.53. The molecule has 4 amide bonds. The van der Waals surface area contributed by atoms with E-state index in [9.17, 15) is 19.2 Å². The van der Waals surface area contributed by atoms with Crippen molar-refractivity contribution in [2.75, 3.05) is 13.2 Å². The largest absolute Gasteiger partial charge is 0.493 e. The van der Waals surface area contributed by atoms with E-state index in [-0.39, 0.29) is 42.4 Å². The Morgan fingerprint density at radius 2 is 1.74 bits per heavy atom. The summed E-state index contributed by atoms with van der Waals surface area (Å²) < 4.78 is 5.55. The van der Waals surface area contributed by atoms with Crippen molar-refractivity contribution in [1.29, 1.82) is 0 Å². The van der Waals surface area contributed by atoms with Crippen molar-refractivity contribution >= 4 is 23.6 Å². The van der Waals surface area contributed by atoms with E-state index in [1.54, 1.807) is 49.4 Å². The van der Waals surface area contributed by atoms with Gasteiger partial charge in [0.1, 0.15) is 5.75 Å². The van der Waals surface area contributed by atoms with Crippen LogP contribution >= 0.6 is 0 Å². The van der Waals surface area contributed by atoms with E-state index in [0.29, 0.717) is 29.0 Å². The predicted molar refractivity (Wildman–Crippen MR) is 112 cm³/mol. The quantitative estimate of drug-likeness (QED) is 0.634. The summed E-state index contributed by atoms with van der Waals surface area (Å²) in [5.74, 6) is -1.06. The van der Waals surface area contributed by atoms with Gasteiger partial charge in [0.25, 0.3) is 17.7 Å². The molecule has 31 heavy (non-hydrogen) atoms. The number of carbonyl (C=O) groups is 4. The van der Waals surface area contributed by atoms with Crippen LogP contribution in [0.2, 0.25) is 0 Å². The summed E-state index contributed by atoms with van der Waals surface area (Å²) in [7, 11) is 0. The van der Waals surface area contributed by atoms with Gasteiger partial charge in [-0.05, 0) is 49.6 Å². The SMILES string of the molecule is CCOc1ccc(CN2C(=O)c3ccccc3C2=O)cc1C(=O)NCC(=O)NC1CC1. The van der Waals surface area contributed by atoms with Crippen molar-refractivity contribution in [3.8, 4) is 5.75 Å². The molecule has 2 N–H and O–H groups in total. The van der Waals surface area contributed by atoms with Gasteiger partial charge < -0.3 is 15.4 Å². The van der Waals surface area contributed by atoms with Crippen molar-refractivity contribution in [3.63, 3.8) is 0 Å². The van der Waals surface area contributed by atoms with Crippen molar-refractivity contribution in [3.05, 3.63) is 64.7 Å². The van der Waals surface area contributed by atoms with E-state index < -0.39 is 5.91 Å². The minimum Gasteiger partial charge on any atom is -0.493 e. The number of rotatable bonds is 8. The molecule has 0 bridgehead atoms. The van der Waals surface area contributed by atoms with Crippen LogP contribution < -0.4 is 15.4 Å². The number of benzene rings is 2. The topological polar surface area (TPSA) is 105 Å². The first-order chi connectivity index (χ1) is 15.0. The number of carbonyl (C=O) groups excluding carboxylic acids is 4. The van der Waals surface area contributed by atoms with Crippen LogP contribution in [0.5, 0.6) is 5.75 Å². The number of hydrogen-bond acceptors (Lipinski definition) is 5. The molecule has 0 saturated heterocycles. The van der Waals surface area contributed by atoms with Gasteiger partial charge in [-0.25, -0.2) is 0 Å². The fourth-order valence-electron chi connectivity index (χ4n) is 3.46. The summed E-state index contributed by atoms with van der Waals surface area (Å²) in [6.07, 6.45) is 1.93. The highest BCUT2D eigenvalue weighted by molar-refractivity contribution is 6.21. The zero-order valence-electron chi connectivity index (χ0n) is 17.1. The van der Waals surface area contributed by atoms with E-state index in [4.69, 9.17) is 4.74 Å². The number of imide groups is 1. The molecular formula is C23H23N3O5. The van der Waals surface area contributed by atoms with Crippen molar-refractivity contribution < 1.29 is 23.9 Å². The maximum absolute atomic E-state index is 12.7. The Labute approximate surface area is 179 Å². The Morgan fingerprint density at radius 1 is 1.06 bits per heavy atom. The molecule has 160 valence electrons. The first-order valence-electron chi connectivity index (χ1n) is 10.3. The Kier molecular flexibility index (Phi) is 5.70. The third kappa shape index (κ3) is 4.42. The van der Waals surface area contributed by atoms with Gasteiger partial charge >= 0.3 is 0 Å². The third-order valence-corrected chi connectivity index (χ3v) is 5.16. The Bertz CT molecular complexity index is 1030. The highest BCUT2D eigenvalue weighted by Gasteiger charge is 2.35. The molecule has 0 unspecified atom stereocenters. The molecule has 1 aliphatic heterocycles. The number of hydrogen-bond donors (Lipinski definition) is 2. The Hall–Kier alpha value is -3.68. The fourth-order valence-corrected chi connectivity index (χ4v) is 3.46. The number of nitrogens with one attached hydrogen (secondary N) is 2. The number of nitrogens with zero attached hydrogens (tertiary/aromatic N) is 1. The lowest BCUT2D eigenvalue weighted by atomic mass is 10.1. The van der Waals surface area contributed by atoms with Crippen molar-refractivity contribution in [1.82, 2.24) is 15.5 Å². The molecule has 0 radical (unpaired) electrons. The van der Waals surface area contributed by atoms with E-state index in [1.807, 2.05) is 0 Å². The first-order valence-corrected chi connectivity index (χ1v) is 10.3. The van der Waals surface area contributed by atoms with Crippen LogP contribution in [0.3, 0.4) is 0 Å². The molecule has 0 spiro atoms. The lowest BCUT2D eigenvalue weighted by Crippen LogP contribution is -2.38. The number of ether oxygens (including phenoxy) is 1. The van der Waals surface area contributed by atoms with Crippen LogP contribution in [0.25, 0.3) is 0 Å². The van der Waals surface area contributed by atoms with Gasteiger partial charge in [0.2, 0.25) is 5.91 Å². The summed E-state index contributed by atoms with van der Waals surface area (Å²) in [6, 6.07) is 11.8. The third-order valence-electron chi connectivity index (χ3n) is 5.16. The van der Waals surface area contributed by atoms with Gasteiger partial charge in [0.05, 0.1) is 36.4 Å². The summed E-state index contributed by atoms with van der Waals surface area (Å²) in [6.45, 7) is 2.06. The first kappa shape index (κ1) is 20.6.